The van der Waals surface area contributed by atoms with E-state index in [9.17, 15) is 46.7 Å². The van der Waals surface area contributed by atoms with Gasteiger partial charge in [0.2, 0.25) is 70.9 Å². The number of carbonyl (C=O) groups excluding carboxylic acids is 12. The zero-order valence-corrected chi connectivity index (χ0v) is 62.7. The number of carbonyl (C=O) groups is 12. The Balaban J connectivity index is 1.42. The summed E-state index contributed by atoms with van der Waals surface area (Å²) >= 11 is 6.38. The molecule has 11 atom stereocenters. The number of likely N-dealkylation sites (tertiary alicyclic amines) is 1. The Morgan fingerprint density at radius 3 is 1.73 bits per heavy atom. The molecule has 0 radical (unpaired) electrons. The van der Waals surface area contributed by atoms with Crippen LogP contribution in [0.25, 0.3) is 0 Å². The van der Waals surface area contributed by atoms with Crippen molar-refractivity contribution in [2.24, 2.45) is 35.5 Å². The van der Waals surface area contributed by atoms with Gasteiger partial charge in [0.25, 0.3) is 0 Å². The molecule has 3 unspecified atom stereocenters. The lowest BCUT2D eigenvalue weighted by Crippen LogP contribution is -2.65. The van der Waals surface area contributed by atoms with E-state index in [1.54, 1.807) is 11.8 Å². The van der Waals surface area contributed by atoms with E-state index in [1.807, 2.05) is 20.8 Å². The molecule has 566 valence electrons. The molecule has 6 aliphatic rings. The van der Waals surface area contributed by atoms with Crippen molar-refractivity contribution in [2.45, 2.75) is 261 Å². The summed E-state index contributed by atoms with van der Waals surface area (Å²) in [4.78, 5) is 190. The van der Waals surface area contributed by atoms with E-state index in [1.165, 1.54) is 82.9 Å². The van der Waals surface area contributed by atoms with E-state index in [4.69, 9.17) is 11.6 Å². The van der Waals surface area contributed by atoms with Crippen LogP contribution in [0, 0.1) is 35.5 Å². The molecule has 0 aromatic rings. The normalized spacial score (nSPS) is 29.6. The predicted molar refractivity (Wildman–Crippen MR) is 372 cm³/mol. The van der Waals surface area contributed by atoms with Crippen molar-refractivity contribution in [2.75, 3.05) is 89.1 Å². The first kappa shape index (κ1) is 82.7. The molecule has 6 rings (SSSR count). The average molecular weight is 1440 g/mol. The molecule has 2 heterocycles. The standard InChI is InChI=1S/C72H118ClF3N12O12/c1-14-46(4)61-68(98)82(8)43-59(91)80(6)44-60(92)85(11)55(40-48-26-18-15-19-27-48)66(96)81(7)42-57(89)77-53(33-31-49-30-32-51(52(73)39-49)72(74,75)76)65(95)83(9)47(5)63(93)79-71(34-22-23-35-71)70(100)87(13)62(50-28-20-16-21-29-50)69(99)86(12)56(67(97)88-36-24-17-25-37-88)41-58(90)84(10)54(38-45(2)3)64(94)78-61/h45-56,61-62H,14-44H2,1-13H3,(H,77,89)(H,78,94)(H,79,93)/t46-,47-,49?,51?,52?,53-,54-,55-,56-,61-,62-/m0/s1. The maximum absolute atomic E-state index is 15.8. The van der Waals surface area contributed by atoms with E-state index < -0.39 is 174 Å². The van der Waals surface area contributed by atoms with Crippen LogP contribution in [0.4, 0.5) is 13.2 Å². The van der Waals surface area contributed by atoms with Gasteiger partial charge in [-0.1, -0.05) is 98.3 Å². The van der Waals surface area contributed by atoms with Gasteiger partial charge in [0.1, 0.15) is 47.8 Å². The molecule has 3 N–H and O–H groups in total. The summed E-state index contributed by atoms with van der Waals surface area (Å²) in [6.07, 6.45) is 7.16. The summed E-state index contributed by atoms with van der Waals surface area (Å²) < 4.78 is 41.9. The van der Waals surface area contributed by atoms with Crippen LogP contribution in [0.2, 0.25) is 0 Å². The number of nitrogens with zero attached hydrogens (tertiary/aromatic N) is 9. The summed E-state index contributed by atoms with van der Waals surface area (Å²) in [5.41, 5.74) is -1.58. The second kappa shape index (κ2) is 37.2. The largest absolute Gasteiger partial charge is 0.393 e. The highest BCUT2D eigenvalue weighted by molar-refractivity contribution is 6.21. The smallest absolute Gasteiger partial charge is 0.343 e. The molecule has 12 amide bonds. The topological polar surface area (TPSA) is 270 Å². The summed E-state index contributed by atoms with van der Waals surface area (Å²) in [7, 11) is 11.4. The zero-order chi connectivity index (χ0) is 74.2. The molecular formula is C72H118ClF3N12O12. The first-order valence-electron chi connectivity index (χ1n) is 37.0. The van der Waals surface area contributed by atoms with Crippen LogP contribution in [-0.2, 0) is 57.5 Å². The maximum Gasteiger partial charge on any atom is 0.393 e. The van der Waals surface area contributed by atoms with E-state index >= 15 is 24.0 Å². The van der Waals surface area contributed by atoms with Crippen LogP contribution in [0.5, 0.6) is 0 Å². The van der Waals surface area contributed by atoms with Crippen molar-refractivity contribution < 1.29 is 70.7 Å². The second-order valence-electron chi connectivity index (χ2n) is 30.7. The van der Waals surface area contributed by atoms with Gasteiger partial charge in [-0.25, -0.2) is 0 Å². The van der Waals surface area contributed by atoms with E-state index in [0.717, 1.165) is 77.4 Å². The molecule has 4 saturated carbocycles. The summed E-state index contributed by atoms with van der Waals surface area (Å²) in [5, 5.41) is 7.48. The molecule has 6 fully saturated rings. The first-order valence-corrected chi connectivity index (χ1v) is 37.4. The van der Waals surface area contributed by atoms with Crippen LogP contribution in [-0.4, -0.2) is 263 Å². The molecule has 4 aliphatic carbocycles. The predicted octanol–water partition coefficient (Wildman–Crippen LogP) is 6.34. The van der Waals surface area contributed by atoms with Gasteiger partial charge in [-0.05, 0) is 126 Å². The van der Waals surface area contributed by atoms with Crippen molar-refractivity contribution in [3.05, 3.63) is 0 Å². The highest BCUT2D eigenvalue weighted by Crippen LogP contribution is 2.44. The quantitative estimate of drug-likeness (QED) is 0.191. The summed E-state index contributed by atoms with van der Waals surface area (Å²) in [6.45, 7) is 7.93. The third-order valence-electron chi connectivity index (χ3n) is 22.9. The number of alkyl halides is 4. The van der Waals surface area contributed by atoms with Gasteiger partial charge in [-0.2, -0.15) is 13.2 Å². The van der Waals surface area contributed by atoms with Crippen molar-refractivity contribution in [3.8, 4) is 0 Å². The SMILES string of the molecule is CC[C@H](C)[C@@H]1NC(=O)[C@H](CC(C)C)N(C)C(=O)C[C@@H](C(=O)N2CCCCC2)N(C)C(=O)[C@H](C2CCCCC2)N(C)C(=O)C2(CCCC2)NC(=O)[C@H](C)N(C)C(=O)[C@H](CCC2CCC(C(F)(F)F)C(Cl)C2)NC(=O)CN(C)C(=O)[C@H](CC2CCCCC2)N(C)C(=O)CN(C)C(=O)CN(C)C1=O. The number of nitrogens with one attached hydrogen (secondary N) is 3. The fourth-order valence-electron chi connectivity index (χ4n) is 16.0. The highest BCUT2D eigenvalue weighted by Gasteiger charge is 2.51. The van der Waals surface area contributed by atoms with Crippen LogP contribution in [0.3, 0.4) is 0 Å². The minimum absolute atomic E-state index is 0.0109. The van der Waals surface area contributed by atoms with Gasteiger partial charge in [0, 0.05) is 74.8 Å². The molecule has 100 heavy (non-hydrogen) atoms. The third kappa shape index (κ3) is 21.4. The van der Waals surface area contributed by atoms with Gasteiger partial charge >= 0.3 is 6.18 Å². The number of amides is 12. The fourth-order valence-corrected chi connectivity index (χ4v) is 16.5. The number of likely N-dealkylation sites (N-methyl/N-ethyl adjacent to an activating group) is 8. The van der Waals surface area contributed by atoms with E-state index in [0.29, 0.717) is 58.0 Å². The molecule has 2 saturated heterocycles. The molecule has 0 bridgehead atoms. The fraction of sp³-hybridized carbons (Fsp3) is 0.833. The molecular weight excluding hydrogens is 1320 g/mol. The van der Waals surface area contributed by atoms with Crippen molar-refractivity contribution >= 4 is 82.5 Å². The summed E-state index contributed by atoms with van der Waals surface area (Å²) in [5.74, 6) is -10.8. The first-order chi connectivity index (χ1) is 47.0. The number of hydrogen-bond donors (Lipinski definition) is 3. The summed E-state index contributed by atoms with van der Waals surface area (Å²) in [6, 6.07) is -8.75. The van der Waals surface area contributed by atoms with Crippen molar-refractivity contribution in [1.82, 2.24) is 60.0 Å². The molecule has 28 heteroatoms. The Morgan fingerprint density at radius 1 is 0.580 bits per heavy atom. The van der Waals surface area contributed by atoms with Crippen molar-refractivity contribution in [1.29, 1.82) is 0 Å². The Labute approximate surface area is 596 Å². The Kier molecular flexibility index (Phi) is 30.8. The molecule has 1 spiro atoms. The lowest BCUT2D eigenvalue weighted by Gasteiger charge is -2.43. The van der Waals surface area contributed by atoms with Gasteiger partial charge in [0.15, 0.2) is 0 Å². The number of piperidine rings is 1. The molecule has 2 aliphatic heterocycles. The Morgan fingerprint density at radius 2 is 1.15 bits per heavy atom. The monoisotopic (exact) mass is 1430 g/mol. The lowest BCUT2D eigenvalue weighted by molar-refractivity contribution is -0.182. The molecule has 0 aromatic carbocycles. The number of hydrogen-bond acceptors (Lipinski definition) is 12. The van der Waals surface area contributed by atoms with E-state index in [-0.39, 0.29) is 75.5 Å². The van der Waals surface area contributed by atoms with Crippen LogP contribution in [0.1, 0.15) is 202 Å². The number of rotatable bonds is 11. The Hall–Kier alpha value is -6.28. The maximum atomic E-state index is 15.8. The highest BCUT2D eigenvalue weighted by atomic mass is 35.5. The van der Waals surface area contributed by atoms with Gasteiger partial charge in [0.05, 0.1) is 32.0 Å². The molecule has 0 aromatic heterocycles. The second-order valence-corrected chi connectivity index (χ2v) is 31.2. The minimum Gasteiger partial charge on any atom is -0.343 e. The van der Waals surface area contributed by atoms with Gasteiger partial charge in [-0.3, -0.25) is 57.5 Å². The number of halogens is 4. The Bertz CT molecular complexity index is 2870. The van der Waals surface area contributed by atoms with Crippen LogP contribution in [0.15, 0.2) is 0 Å². The van der Waals surface area contributed by atoms with Crippen molar-refractivity contribution in [3.63, 3.8) is 0 Å². The third-order valence-corrected chi connectivity index (χ3v) is 23.4. The van der Waals surface area contributed by atoms with Gasteiger partial charge < -0.3 is 60.0 Å². The molecule has 24 nitrogen and oxygen atoms in total. The van der Waals surface area contributed by atoms with E-state index in [2.05, 4.69) is 16.0 Å². The van der Waals surface area contributed by atoms with Crippen LogP contribution < -0.4 is 16.0 Å². The van der Waals surface area contributed by atoms with Gasteiger partial charge in [-0.15, -0.1) is 11.6 Å². The lowest BCUT2D eigenvalue weighted by atomic mass is 9.78. The average Bonchev–Trinajstić information content (AvgIpc) is 1.37. The minimum atomic E-state index is -4.51. The van der Waals surface area contributed by atoms with Crippen LogP contribution >= 0.6 is 11.6 Å². The zero-order valence-electron chi connectivity index (χ0n) is 61.9.